The summed E-state index contributed by atoms with van der Waals surface area (Å²) in [6.07, 6.45) is 2.04. The van der Waals surface area contributed by atoms with Gasteiger partial charge in [0.2, 0.25) is 11.8 Å². The number of nitrogens with zero attached hydrogens (tertiary/aromatic N) is 2. The molecule has 0 unspecified atom stereocenters. The molecule has 1 N–H and O–H groups in total. The van der Waals surface area contributed by atoms with Crippen LogP contribution in [0.1, 0.15) is 38.8 Å². The van der Waals surface area contributed by atoms with Crippen LogP contribution in [-0.4, -0.2) is 56.1 Å². The molecule has 0 saturated carbocycles. The Morgan fingerprint density at radius 3 is 2.08 bits per heavy atom. The second-order valence-corrected chi connectivity index (χ2v) is 15.8. The van der Waals surface area contributed by atoms with Crippen molar-refractivity contribution < 1.29 is 22.7 Å². The molecule has 12 heteroatoms. The number of halogens is 2. The third-order valence-electron chi connectivity index (χ3n) is 7.52. The van der Waals surface area contributed by atoms with E-state index in [9.17, 15) is 18.0 Å². The molecule has 0 aromatic heterocycles. The lowest BCUT2D eigenvalue weighted by Crippen LogP contribution is -2.56. The van der Waals surface area contributed by atoms with E-state index in [1.807, 2.05) is 57.4 Å². The van der Waals surface area contributed by atoms with Gasteiger partial charge < -0.3 is 15.0 Å². The van der Waals surface area contributed by atoms with Gasteiger partial charge in [-0.15, -0.1) is 11.8 Å². The molecule has 8 nitrogen and oxygen atoms in total. The zero-order valence-corrected chi connectivity index (χ0v) is 31.3. The maximum atomic E-state index is 14.8. The van der Waals surface area contributed by atoms with Crippen LogP contribution in [0.3, 0.4) is 0 Å². The summed E-state index contributed by atoms with van der Waals surface area (Å²) in [4.78, 5) is 31.2. The van der Waals surface area contributed by atoms with E-state index in [1.54, 1.807) is 61.5 Å². The minimum atomic E-state index is -4.33. The largest absolute Gasteiger partial charge is 0.492 e. The number of benzene rings is 4. The molecule has 0 heterocycles. The molecule has 260 valence electrons. The molecule has 0 fully saturated rings. The van der Waals surface area contributed by atoms with E-state index in [2.05, 4.69) is 5.32 Å². The Labute approximate surface area is 303 Å². The highest BCUT2D eigenvalue weighted by molar-refractivity contribution is 7.98. The summed E-state index contributed by atoms with van der Waals surface area (Å²) in [6, 6.07) is 26.4. The van der Waals surface area contributed by atoms with Crippen LogP contribution in [0.2, 0.25) is 10.0 Å². The molecule has 0 aliphatic heterocycles. The number of hydrogen-bond donors (Lipinski definition) is 1. The molecule has 0 aliphatic carbocycles. The zero-order valence-electron chi connectivity index (χ0n) is 28.2. The van der Waals surface area contributed by atoms with Gasteiger partial charge in [0.15, 0.2) is 0 Å². The number of ether oxygens (including phenoxy) is 1. The fraction of sp³-hybridized carbons (Fsp3) is 0.297. The molecule has 0 saturated heterocycles. The van der Waals surface area contributed by atoms with Crippen molar-refractivity contribution in [2.75, 3.05) is 23.7 Å². The van der Waals surface area contributed by atoms with Gasteiger partial charge in [-0.3, -0.25) is 13.9 Å². The van der Waals surface area contributed by atoms with Gasteiger partial charge in [0, 0.05) is 39.0 Å². The van der Waals surface area contributed by atoms with Gasteiger partial charge in [0.25, 0.3) is 10.0 Å². The number of hydrogen-bond acceptors (Lipinski definition) is 6. The van der Waals surface area contributed by atoms with Crippen LogP contribution in [0.25, 0.3) is 0 Å². The summed E-state index contributed by atoms with van der Waals surface area (Å²) < 4.78 is 35.8. The van der Waals surface area contributed by atoms with Crippen molar-refractivity contribution in [3.8, 4) is 5.75 Å². The standard InChI is InChI=1S/C37H41Cl2N3O5S2/c1-6-47-34-18-11-10-17-32(34)42(49(45,46)28-21-19-27(48-5)20-22-28)25-35(43)41(24-29-30(38)15-12-16-31(29)39)33(36(44)40-37(2,3)4)23-26-13-8-7-9-14-26/h7-22,33H,6,23-25H2,1-5H3,(H,40,44)/t33-/m0/s1. The van der Waals surface area contributed by atoms with Crippen LogP contribution >= 0.6 is 35.0 Å². The van der Waals surface area contributed by atoms with Crippen molar-refractivity contribution in [3.63, 3.8) is 0 Å². The summed E-state index contributed by atoms with van der Waals surface area (Å²) in [7, 11) is -4.33. The number of amides is 2. The number of carbonyl (C=O) groups is 2. The number of sulfonamides is 1. The molecule has 0 bridgehead atoms. The average Bonchev–Trinajstić information content (AvgIpc) is 3.06. The summed E-state index contributed by atoms with van der Waals surface area (Å²) in [5.74, 6) is -0.768. The minimum Gasteiger partial charge on any atom is -0.492 e. The smallest absolute Gasteiger partial charge is 0.264 e. The van der Waals surface area contributed by atoms with E-state index < -0.39 is 40.0 Å². The summed E-state index contributed by atoms with van der Waals surface area (Å²) in [6.45, 7) is 6.81. The maximum Gasteiger partial charge on any atom is 0.264 e. The zero-order chi connectivity index (χ0) is 35.8. The molecular formula is C37H41Cl2N3O5S2. The van der Waals surface area contributed by atoms with E-state index in [1.165, 1.54) is 28.8 Å². The molecule has 0 aliphatic rings. The second-order valence-electron chi connectivity index (χ2n) is 12.3. The molecule has 0 spiro atoms. The van der Waals surface area contributed by atoms with E-state index in [0.717, 1.165) is 14.8 Å². The number of carbonyl (C=O) groups excluding carboxylic acids is 2. The van der Waals surface area contributed by atoms with Crippen molar-refractivity contribution in [1.29, 1.82) is 0 Å². The maximum absolute atomic E-state index is 14.8. The second kappa shape index (κ2) is 16.8. The first-order chi connectivity index (χ1) is 23.2. The van der Waals surface area contributed by atoms with Crippen LogP contribution in [0.15, 0.2) is 107 Å². The number of nitrogens with one attached hydrogen (secondary N) is 1. The van der Waals surface area contributed by atoms with Crippen molar-refractivity contribution in [3.05, 3.63) is 118 Å². The Morgan fingerprint density at radius 1 is 0.878 bits per heavy atom. The van der Waals surface area contributed by atoms with Crippen molar-refractivity contribution in [2.24, 2.45) is 0 Å². The molecule has 2 amide bonds. The van der Waals surface area contributed by atoms with Gasteiger partial charge in [-0.2, -0.15) is 0 Å². The van der Waals surface area contributed by atoms with Gasteiger partial charge in [0.1, 0.15) is 18.3 Å². The van der Waals surface area contributed by atoms with E-state index in [-0.39, 0.29) is 35.9 Å². The highest BCUT2D eigenvalue weighted by atomic mass is 35.5. The number of anilines is 1. The van der Waals surface area contributed by atoms with Gasteiger partial charge in [-0.05, 0) is 88.0 Å². The highest BCUT2D eigenvalue weighted by Gasteiger charge is 2.37. The fourth-order valence-electron chi connectivity index (χ4n) is 5.19. The summed E-state index contributed by atoms with van der Waals surface area (Å²) in [5.41, 5.74) is 0.788. The van der Waals surface area contributed by atoms with Gasteiger partial charge in [-0.1, -0.05) is 71.7 Å². The quantitative estimate of drug-likeness (QED) is 0.132. The van der Waals surface area contributed by atoms with Crippen molar-refractivity contribution >= 4 is 62.5 Å². The predicted molar refractivity (Wildman–Crippen MR) is 199 cm³/mol. The molecule has 4 aromatic carbocycles. The highest BCUT2D eigenvalue weighted by Crippen LogP contribution is 2.34. The summed E-state index contributed by atoms with van der Waals surface area (Å²) >= 11 is 14.7. The minimum absolute atomic E-state index is 0.00332. The lowest BCUT2D eigenvalue weighted by molar-refractivity contribution is -0.140. The monoisotopic (exact) mass is 741 g/mol. The SMILES string of the molecule is CCOc1ccccc1N(CC(=O)N(Cc1c(Cl)cccc1Cl)[C@@H](Cc1ccccc1)C(=O)NC(C)(C)C)S(=O)(=O)c1ccc(SC)cc1. The van der Waals surface area contributed by atoms with Crippen LogP contribution in [0.5, 0.6) is 5.75 Å². The number of thioether (sulfide) groups is 1. The average molecular weight is 743 g/mol. The number of para-hydroxylation sites is 2. The lowest BCUT2D eigenvalue weighted by atomic mass is 10.0. The molecule has 4 rings (SSSR count). The lowest BCUT2D eigenvalue weighted by Gasteiger charge is -2.35. The van der Waals surface area contributed by atoms with Gasteiger partial charge in [0.05, 0.1) is 17.2 Å². The van der Waals surface area contributed by atoms with E-state index in [4.69, 9.17) is 27.9 Å². The first kappa shape index (κ1) is 38.1. The first-order valence-electron chi connectivity index (χ1n) is 15.7. The van der Waals surface area contributed by atoms with Crippen LogP contribution in [0, 0.1) is 0 Å². The Hall–Kier alpha value is -3.70. The van der Waals surface area contributed by atoms with E-state index in [0.29, 0.717) is 15.6 Å². The third kappa shape index (κ3) is 9.94. The molecule has 1 atom stereocenters. The molecule has 0 radical (unpaired) electrons. The Balaban J connectivity index is 1.89. The Bertz CT molecular complexity index is 1830. The van der Waals surface area contributed by atoms with Crippen LogP contribution in [-0.2, 0) is 32.6 Å². The van der Waals surface area contributed by atoms with Crippen molar-refractivity contribution in [2.45, 2.75) is 62.0 Å². The first-order valence-corrected chi connectivity index (χ1v) is 19.1. The van der Waals surface area contributed by atoms with Crippen LogP contribution in [0.4, 0.5) is 5.69 Å². The van der Waals surface area contributed by atoms with Gasteiger partial charge >= 0.3 is 0 Å². The normalized spacial score (nSPS) is 12.2. The Kier molecular flexibility index (Phi) is 13.1. The summed E-state index contributed by atoms with van der Waals surface area (Å²) in [5, 5.41) is 3.63. The Morgan fingerprint density at radius 2 is 1.49 bits per heavy atom. The molecular weight excluding hydrogens is 701 g/mol. The van der Waals surface area contributed by atoms with Crippen molar-refractivity contribution in [1.82, 2.24) is 10.2 Å². The third-order valence-corrected chi connectivity index (χ3v) is 10.7. The van der Waals surface area contributed by atoms with Gasteiger partial charge in [-0.25, -0.2) is 8.42 Å². The van der Waals surface area contributed by atoms with Crippen LogP contribution < -0.4 is 14.4 Å². The number of rotatable bonds is 14. The van der Waals surface area contributed by atoms with E-state index >= 15 is 0 Å². The molecule has 4 aromatic rings. The topological polar surface area (TPSA) is 96.0 Å². The fourth-order valence-corrected chi connectivity index (χ4v) is 7.54. The molecule has 49 heavy (non-hydrogen) atoms. The predicted octanol–water partition coefficient (Wildman–Crippen LogP) is 7.86.